The molecule has 1 saturated heterocycles. The third kappa shape index (κ3) is 2.86. The third-order valence-electron chi connectivity index (χ3n) is 1.12. The van der Waals surface area contributed by atoms with E-state index >= 15 is 0 Å². The summed E-state index contributed by atoms with van der Waals surface area (Å²) in [7, 11) is 0. The first kappa shape index (κ1) is 6.79. The van der Waals surface area contributed by atoms with E-state index in [1.165, 1.54) is 17.3 Å². The molecular formula is C4H11NO2Sn. The van der Waals surface area contributed by atoms with Crippen LogP contribution in [0.2, 0.25) is 4.44 Å². The second-order valence-electron chi connectivity index (χ2n) is 1.86. The molecule has 1 rings (SSSR count). The van der Waals surface area contributed by atoms with E-state index in [2.05, 4.69) is 8.69 Å². The topological polar surface area (TPSA) is 30.5 Å². The van der Waals surface area contributed by atoms with Gasteiger partial charge in [0.2, 0.25) is 0 Å². The van der Waals surface area contributed by atoms with Crippen molar-refractivity contribution >= 4 is 21.4 Å². The quantitative estimate of drug-likeness (QED) is 0.454. The summed E-state index contributed by atoms with van der Waals surface area (Å²) < 4.78 is 4.27. The molecule has 48 valence electrons. The first-order chi connectivity index (χ1) is 4.00. The Kier molecular flexibility index (Phi) is 3.86. The van der Waals surface area contributed by atoms with E-state index < -0.39 is 21.4 Å². The molecule has 0 amide bonds. The molecule has 8 heavy (non-hydrogen) atoms. The Morgan fingerprint density at radius 2 is 2.38 bits per heavy atom. The van der Waals surface area contributed by atoms with Gasteiger partial charge in [-0.15, -0.1) is 0 Å². The zero-order chi connectivity index (χ0) is 5.66. The van der Waals surface area contributed by atoms with Crippen LogP contribution in [0.1, 0.15) is 12.8 Å². The van der Waals surface area contributed by atoms with Crippen LogP contribution in [-0.4, -0.2) is 28.0 Å². The van der Waals surface area contributed by atoms with Crippen molar-refractivity contribution in [2.75, 3.05) is 6.61 Å². The minimum atomic E-state index is -0.682. The van der Waals surface area contributed by atoms with Crippen LogP contribution in [0.5, 0.6) is 0 Å². The van der Waals surface area contributed by atoms with Crippen LogP contribution >= 0.6 is 0 Å². The second kappa shape index (κ2) is 4.55. The average molecular weight is 224 g/mol. The Hall–Kier alpha value is 0.679. The molecule has 1 heterocycles. The van der Waals surface area contributed by atoms with Gasteiger partial charge in [0, 0.05) is 0 Å². The summed E-state index contributed by atoms with van der Waals surface area (Å²) in [6.07, 6.45) is 2.49. The van der Waals surface area contributed by atoms with Crippen LogP contribution in [0, 0.1) is 0 Å². The maximum absolute atomic E-state index is 4.72. The van der Waals surface area contributed by atoms with Crippen molar-refractivity contribution in [3.05, 3.63) is 0 Å². The number of hydrogen-bond acceptors (Lipinski definition) is 3. The third-order valence-corrected chi connectivity index (χ3v) is 4.48. The van der Waals surface area contributed by atoms with Gasteiger partial charge in [-0.3, -0.25) is 0 Å². The van der Waals surface area contributed by atoms with E-state index in [9.17, 15) is 0 Å². The fourth-order valence-corrected chi connectivity index (χ4v) is 3.27. The molecule has 1 aliphatic rings. The van der Waals surface area contributed by atoms with Crippen molar-refractivity contribution in [2.45, 2.75) is 17.3 Å². The molecule has 0 saturated carbocycles. The predicted molar refractivity (Wildman–Crippen MR) is 32.8 cm³/mol. The molecule has 0 aliphatic carbocycles. The SMILES string of the molecule is C1C[CH2][SnH2][NH]OOC1. The van der Waals surface area contributed by atoms with Crippen LogP contribution in [0.3, 0.4) is 0 Å². The first-order valence-corrected chi connectivity index (χ1v) is 7.89. The van der Waals surface area contributed by atoms with Crippen LogP contribution in [0.4, 0.5) is 0 Å². The van der Waals surface area contributed by atoms with E-state index in [1.807, 2.05) is 0 Å². The summed E-state index contributed by atoms with van der Waals surface area (Å²) in [6, 6.07) is 0. The van der Waals surface area contributed by atoms with Crippen LogP contribution in [0.25, 0.3) is 0 Å². The van der Waals surface area contributed by atoms with Crippen molar-refractivity contribution < 1.29 is 9.88 Å². The number of rotatable bonds is 0. The van der Waals surface area contributed by atoms with Crippen LogP contribution in [0.15, 0.2) is 0 Å². The Morgan fingerprint density at radius 3 is 3.38 bits per heavy atom. The molecule has 1 N–H and O–H groups in total. The van der Waals surface area contributed by atoms with Gasteiger partial charge in [-0.2, -0.15) is 0 Å². The molecule has 0 unspecified atom stereocenters. The average Bonchev–Trinajstić information content (AvgIpc) is 1.62. The normalized spacial score (nSPS) is 27.0. The Balaban J connectivity index is 2.00. The summed E-state index contributed by atoms with van der Waals surface area (Å²) in [5.41, 5.74) is 0. The van der Waals surface area contributed by atoms with Crippen molar-refractivity contribution in [3.63, 3.8) is 0 Å². The summed E-state index contributed by atoms with van der Waals surface area (Å²) >= 11 is -0.682. The van der Waals surface area contributed by atoms with Gasteiger partial charge in [0.15, 0.2) is 0 Å². The number of hydrogen-bond donors (Lipinski definition) is 1. The molecule has 0 spiro atoms. The van der Waals surface area contributed by atoms with Crippen molar-refractivity contribution in [1.29, 1.82) is 0 Å². The summed E-state index contributed by atoms with van der Waals surface area (Å²) in [5, 5.41) is 0. The van der Waals surface area contributed by atoms with E-state index in [4.69, 9.17) is 4.89 Å². The number of nitrogens with one attached hydrogen (secondary N) is 1. The summed E-state index contributed by atoms with van der Waals surface area (Å²) in [4.78, 5) is 9.33. The van der Waals surface area contributed by atoms with E-state index in [1.54, 1.807) is 0 Å². The maximum atomic E-state index is 4.72. The summed E-state index contributed by atoms with van der Waals surface area (Å²) in [5.74, 6) is 0. The molecule has 0 bridgehead atoms. The Bertz CT molecular complexity index is 38.0. The van der Waals surface area contributed by atoms with Gasteiger partial charge in [0.1, 0.15) is 0 Å². The molecule has 1 aliphatic heterocycles. The zero-order valence-electron chi connectivity index (χ0n) is 4.85. The monoisotopic (exact) mass is 225 g/mol. The van der Waals surface area contributed by atoms with Crippen molar-refractivity contribution in [2.24, 2.45) is 0 Å². The first-order valence-electron chi connectivity index (χ1n) is 3.01. The van der Waals surface area contributed by atoms with Crippen molar-refractivity contribution in [3.8, 4) is 0 Å². The zero-order valence-corrected chi connectivity index (χ0v) is 8.89. The molecule has 0 aromatic carbocycles. The fraction of sp³-hybridized carbons (Fsp3) is 1.00. The van der Waals surface area contributed by atoms with Gasteiger partial charge in [0.05, 0.1) is 0 Å². The second-order valence-corrected chi connectivity index (χ2v) is 6.13. The molecule has 4 heteroatoms. The van der Waals surface area contributed by atoms with Gasteiger partial charge in [-0.25, -0.2) is 0 Å². The van der Waals surface area contributed by atoms with Crippen LogP contribution < -0.4 is 3.70 Å². The molecule has 0 radical (unpaired) electrons. The fourth-order valence-electron chi connectivity index (χ4n) is 0.660. The Labute approximate surface area is 59.2 Å². The molecule has 1 fully saturated rings. The van der Waals surface area contributed by atoms with Gasteiger partial charge < -0.3 is 0 Å². The van der Waals surface area contributed by atoms with Crippen molar-refractivity contribution in [1.82, 2.24) is 3.70 Å². The minimum absolute atomic E-state index is 0.682. The van der Waals surface area contributed by atoms with E-state index in [-0.39, 0.29) is 0 Å². The predicted octanol–water partition coefficient (Wildman–Crippen LogP) is -0.265. The van der Waals surface area contributed by atoms with Gasteiger partial charge in [0.25, 0.3) is 0 Å². The molecular weight excluding hydrogens is 213 g/mol. The van der Waals surface area contributed by atoms with E-state index in [0.717, 1.165) is 6.61 Å². The molecule has 0 aromatic heterocycles. The molecule has 0 atom stereocenters. The van der Waals surface area contributed by atoms with Crippen LogP contribution in [-0.2, 0) is 9.88 Å². The van der Waals surface area contributed by atoms with Gasteiger partial charge >= 0.3 is 58.9 Å². The summed E-state index contributed by atoms with van der Waals surface area (Å²) in [6.45, 7) is 0.749. The molecule has 3 nitrogen and oxygen atoms in total. The standard InChI is InChI=1S/C4H9NO2.Sn.2H/c1-2-3-4-6-7-5;;;/h5H,1-4H2;;;/q-1;+1;;. The van der Waals surface area contributed by atoms with E-state index in [0.29, 0.717) is 0 Å². The van der Waals surface area contributed by atoms with Gasteiger partial charge in [-0.05, 0) is 0 Å². The van der Waals surface area contributed by atoms with Gasteiger partial charge in [-0.1, -0.05) is 0 Å². The Morgan fingerprint density at radius 1 is 1.38 bits per heavy atom. The molecule has 0 aromatic rings.